The second-order valence-corrected chi connectivity index (χ2v) is 6.13. The molecule has 0 bridgehead atoms. The molecule has 26 heavy (non-hydrogen) atoms. The number of hydrogen-bond donors (Lipinski definition) is 3. The molecule has 3 N–H and O–H groups in total. The van der Waals surface area contributed by atoms with Crippen LogP contribution in [0.4, 0.5) is 0 Å². The van der Waals surface area contributed by atoms with Crippen molar-refractivity contribution >= 4 is 17.4 Å². The van der Waals surface area contributed by atoms with Gasteiger partial charge in [-0.25, -0.2) is 4.79 Å². The standard InChI is InChI=1S/C17H17NO8/c1-23-11(20)5-24-16-12-8(4-10-15(16)26-6-25-10)7-2-3-9(19)14(21)13(7)18-17(12)22/h2,4,9,13-14,19,21H,3,5-6H2,1H3,(H,18,22)/t9-,13-,14-/m1/s1. The van der Waals surface area contributed by atoms with Crippen LogP contribution in [0.3, 0.4) is 0 Å². The van der Waals surface area contributed by atoms with Crippen LogP contribution in [0.1, 0.15) is 22.3 Å². The van der Waals surface area contributed by atoms with Crippen molar-refractivity contribution in [3.63, 3.8) is 0 Å². The molecule has 1 aliphatic carbocycles. The number of benzene rings is 1. The molecule has 0 saturated carbocycles. The lowest BCUT2D eigenvalue weighted by Gasteiger charge is -2.37. The van der Waals surface area contributed by atoms with Gasteiger partial charge in [-0.3, -0.25) is 4.79 Å². The van der Waals surface area contributed by atoms with Crippen LogP contribution < -0.4 is 19.5 Å². The summed E-state index contributed by atoms with van der Waals surface area (Å²) in [6.45, 7) is -0.446. The summed E-state index contributed by atoms with van der Waals surface area (Å²) < 4.78 is 20.9. The van der Waals surface area contributed by atoms with E-state index in [0.717, 1.165) is 0 Å². The van der Waals surface area contributed by atoms with Crippen molar-refractivity contribution in [1.29, 1.82) is 0 Å². The van der Waals surface area contributed by atoms with Crippen LogP contribution >= 0.6 is 0 Å². The van der Waals surface area contributed by atoms with Crippen LogP contribution in [0.5, 0.6) is 17.2 Å². The molecule has 0 radical (unpaired) electrons. The second kappa shape index (κ2) is 6.19. The Hall–Kier alpha value is -2.78. The zero-order valence-electron chi connectivity index (χ0n) is 13.9. The Labute approximate surface area is 148 Å². The zero-order valence-corrected chi connectivity index (χ0v) is 13.9. The number of amides is 1. The van der Waals surface area contributed by atoms with E-state index >= 15 is 0 Å². The first kappa shape index (κ1) is 16.7. The van der Waals surface area contributed by atoms with Crippen molar-refractivity contribution < 1.29 is 38.7 Å². The van der Waals surface area contributed by atoms with Crippen LogP contribution in [0.2, 0.25) is 0 Å². The van der Waals surface area contributed by atoms with Crippen molar-refractivity contribution in [3.05, 3.63) is 23.3 Å². The summed E-state index contributed by atoms with van der Waals surface area (Å²) in [5, 5.41) is 22.8. The fraction of sp³-hybridized carbons (Fsp3) is 0.412. The maximum absolute atomic E-state index is 12.7. The first-order chi connectivity index (χ1) is 12.5. The molecule has 0 saturated heterocycles. The highest BCUT2D eigenvalue weighted by Crippen LogP contribution is 2.49. The SMILES string of the molecule is COC(=O)COc1c2c(cc3c1C(=O)N[C@@H]1C3=CC[C@@H](O)[C@H]1O)OCO2. The van der Waals surface area contributed by atoms with E-state index in [2.05, 4.69) is 10.1 Å². The van der Waals surface area contributed by atoms with Gasteiger partial charge in [0.25, 0.3) is 5.91 Å². The Morgan fingerprint density at radius 3 is 2.96 bits per heavy atom. The van der Waals surface area contributed by atoms with Gasteiger partial charge in [-0.2, -0.15) is 0 Å². The van der Waals surface area contributed by atoms with Gasteiger partial charge in [0.05, 0.1) is 24.8 Å². The molecular formula is C17H17NO8. The van der Waals surface area contributed by atoms with Crippen LogP contribution in [0.25, 0.3) is 5.57 Å². The Balaban J connectivity index is 1.84. The predicted molar refractivity (Wildman–Crippen MR) is 85.9 cm³/mol. The minimum absolute atomic E-state index is 0.0434. The summed E-state index contributed by atoms with van der Waals surface area (Å²) in [6, 6.07) is 0.901. The molecule has 1 aromatic rings. The Kier molecular flexibility index (Phi) is 3.97. The Bertz CT molecular complexity index is 817. The normalized spacial score (nSPS) is 25.6. The van der Waals surface area contributed by atoms with Gasteiger partial charge < -0.3 is 34.5 Å². The highest BCUT2D eigenvalue weighted by molar-refractivity contribution is 6.07. The average molecular weight is 363 g/mol. The van der Waals surface area contributed by atoms with E-state index in [1.54, 1.807) is 12.1 Å². The molecule has 0 fully saturated rings. The van der Waals surface area contributed by atoms with Crippen molar-refractivity contribution in [3.8, 4) is 17.2 Å². The van der Waals surface area contributed by atoms with Crippen molar-refractivity contribution in [2.75, 3.05) is 20.5 Å². The number of carbonyl (C=O) groups is 2. The number of aliphatic hydroxyl groups excluding tert-OH is 2. The summed E-state index contributed by atoms with van der Waals surface area (Å²) in [5.74, 6) is -0.428. The predicted octanol–water partition coefficient (Wildman–Crippen LogP) is -0.412. The lowest BCUT2D eigenvalue weighted by atomic mass is 9.80. The Morgan fingerprint density at radius 2 is 2.19 bits per heavy atom. The molecule has 1 amide bonds. The van der Waals surface area contributed by atoms with Crippen molar-refractivity contribution in [2.24, 2.45) is 0 Å². The molecule has 2 heterocycles. The van der Waals surface area contributed by atoms with E-state index in [0.29, 0.717) is 16.9 Å². The van der Waals surface area contributed by atoms with E-state index in [9.17, 15) is 19.8 Å². The number of carbonyl (C=O) groups excluding carboxylic acids is 2. The van der Waals surface area contributed by atoms with Gasteiger partial charge in [0.15, 0.2) is 18.1 Å². The molecule has 3 atom stereocenters. The molecule has 1 aromatic carbocycles. The summed E-state index contributed by atoms with van der Waals surface area (Å²) >= 11 is 0. The molecule has 3 aliphatic rings. The van der Waals surface area contributed by atoms with Gasteiger partial charge in [0.1, 0.15) is 6.10 Å². The van der Waals surface area contributed by atoms with Gasteiger partial charge in [-0.1, -0.05) is 6.08 Å². The number of ether oxygens (including phenoxy) is 4. The smallest absolute Gasteiger partial charge is 0.343 e. The van der Waals surface area contributed by atoms with Crippen molar-refractivity contribution in [1.82, 2.24) is 5.32 Å². The van der Waals surface area contributed by atoms with Crippen LogP contribution in [-0.2, 0) is 9.53 Å². The van der Waals surface area contributed by atoms with E-state index < -0.39 is 36.7 Å². The highest BCUT2D eigenvalue weighted by Gasteiger charge is 2.42. The summed E-state index contributed by atoms with van der Waals surface area (Å²) in [5.41, 5.74) is 1.34. The van der Waals surface area contributed by atoms with Gasteiger partial charge in [0, 0.05) is 0 Å². The number of aliphatic hydroxyl groups is 2. The minimum atomic E-state index is -1.13. The highest BCUT2D eigenvalue weighted by atomic mass is 16.7. The fourth-order valence-corrected chi connectivity index (χ4v) is 3.37. The van der Waals surface area contributed by atoms with Crippen LogP contribution in [-0.4, -0.2) is 60.8 Å². The van der Waals surface area contributed by atoms with Gasteiger partial charge >= 0.3 is 5.97 Å². The van der Waals surface area contributed by atoms with Crippen LogP contribution in [0, 0.1) is 0 Å². The molecule has 9 heteroatoms. The van der Waals surface area contributed by atoms with Gasteiger partial charge in [-0.05, 0) is 23.6 Å². The summed E-state index contributed by atoms with van der Waals surface area (Å²) in [6.07, 6.45) is -0.0894. The monoisotopic (exact) mass is 363 g/mol. The topological polar surface area (TPSA) is 124 Å². The first-order valence-corrected chi connectivity index (χ1v) is 8.05. The maximum atomic E-state index is 12.7. The lowest BCUT2D eigenvalue weighted by molar-refractivity contribution is -0.142. The third kappa shape index (κ3) is 2.47. The Morgan fingerprint density at radius 1 is 1.38 bits per heavy atom. The summed E-state index contributed by atoms with van der Waals surface area (Å²) in [4.78, 5) is 24.2. The van der Waals surface area contributed by atoms with E-state index in [4.69, 9.17) is 14.2 Å². The van der Waals surface area contributed by atoms with Gasteiger partial charge in [0.2, 0.25) is 12.5 Å². The molecule has 138 valence electrons. The minimum Gasteiger partial charge on any atom is -0.477 e. The molecule has 4 rings (SSSR count). The fourth-order valence-electron chi connectivity index (χ4n) is 3.37. The molecule has 0 unspecified atom stereocenters. The third-order valence-electron chi connectivity index (χ3n) is 4.66. The number of methoxy groups -OCH3 is 1. The molecular weight excluding hydrogens is 346 g/mol. The molecule has 2 aliphatic heterocycles. The zero-order chi connectivity index (χ0) is 18.4. The largest absolute Gasteiger partial charge is 0.477 e. The number of fused-ring (bicyclic) bond motifs is 4. The first-order valence-electron chi connectivity index (χ1n) is 8.05. The average Bonchev–Trinajstić information content (AvgIpc) is 3.10. The quantitative estimate of drug-likeness (QED) is 0.619. The second-order valence-electron chi connectivity index (χ2n) is 6.13. The van der Waals surface area contributed by atoms with Crippen molar-refractivity contribution in [2.45, 2.75) is 24.7 Å². The number of esters is 1. The van der Waals surface area contributed by atoms with Gasteiger partial charge in [-0.15, -0.1) is 0 Å². The van der Waals surface area contributed by atoms with E-state index in [-0.39, 0.29) is 30.3 Å². The molecule has 0 aromatic heterocycles. The van der Waals surface area contributed by atoms with E-state index in [1.165, 1.54) is 7.11 Å². The van der Waals surface area contributed by atoms with Crippen LogP contribution in [0.15, 0.2) is 12.1 Å². The third-order valence-corrected chi connectivity index (χ3v) is 4.66. The number of hydrogen-bond acceptors (Lipinski definition) is 8. The molecule has 0 spiro atoms. The lowest BCUT2D eigenvalue weighted by Crippen LogP contribution is -2.53. The number of rotatable bonds is 3. The summed E-state index contributed by atoms with van der Waals surface area (Å²) in [7, 11) is 1.23. The molecule has 9 nitrogen and oxygen atoms in total. The van der Waals surface area contributed by atoms with E-state index in [1.807, 2.05) is 0 Å². The number of nitrogens with one attached hydrogen (secondary N) is 1. The maximum Gasteiger partial charge on any atom is 0.343 e.